The summed E-state index contributed by atoms with van der Waals surface area (Å²) in [5.41, 5.74) is 0. The Hall–Kier alpha value is -0.610. The van der Waals surface area contributed by atoms with E-state index in [0.29, 0.717) is 11.8 Å². The van der Waals surface area contributed by atoms with Gasteiger partial charge >= 0.3 is 5.97 Å². The van der Waals surface area contributed by atoms with Crippen molar-refractivity contribution in [3.63, 3.8) is 0 Å². The molecule has 0 amide bonds. The zero-order chi connectivity index (χ0) is 13.0. The predicted octanol–water partition coefficient (Wildman–Crippen LogP) is 1.37. The molecule has 1 fully saturated rings. The fourth-order valence-electron chi connectivity index (χ4n) is 2.74. The second kappa shape index (κ2) is 6.36. The molecule has 1 heterocycles. The van der Waals surface area contributed by atoms with Crippen LogP contribution >= 0.6 is 0 Å². The third-order valence-corrected chi connectivity index (χ3v) is 3.30. The lowest BCUT2D eigenvalue weighted by Gasteiger charge is -2.28. The minimum absolute atomic E-state index is 0.149. The summed E-state index contributed by atoms with van der Waals surface area (Å²) in [4.78, 5) is 15.5. The van der Waals surface area contributed by atoms with Crippen molar-refractivity contribution in [3.8, 4) is 0 Å². The summed E-state index contributed by atoms with van der Waals surface area (Å²) in [5.74, 6) is 0.550. The molecule has 1 N–H and O–H groups in total. The number of hydrogen-bond donors (Lipinski definition) is 1. The molecule has 100 valence electrons. The molecule has 0 spiro atoms. The Morgan fingerprint density at radius 1 is 1.35 bits per heavy atom. The van der Waals surface area contributed by atoms with Gasteiger partial charge in [0.25, 0.3) is 0 Å². The van der Waals surface area contributed by atoms with E-state index >= 15 is 0 Å². The number of carboxylic acids is 1. The van der Waals surface area contributed by atoms with Crippen molar-refractivity contribution in [1.29, 1.82) is 0 Å². The molecule has 2 unspecified atom stereocenters. The molecule has 0 aromatic rings. The molecule has 1 aliphatic heterocycles. The van der Waals surface area contributed by atoms with Crippen LogP contribution in [0.15, 0.2) is 0 Å². The van der Waals surface area contributed by atoms with E-state index in [0.717, 1.165) is 26.2 Å². The van der Waals surface area contributed by atoms with Crippen molar-refractivity contribution in [2.24, 2.45) is 11.8 Å². The zero-order valence-electron chi connectivity index (χ0n) is 11.5. The summed E-state index contributed by atoms with van der Waals surface area (Å²) in [6.45, 7) is 10.7. The Balaban J connectivity index is 2.65. The van der Waals surface area contributed by atoms with E-state index in [1.54, 1.807) is 0 Å². The Morgan fingerprint density at radius 3 is 2.53 bits per heavy atom. The van der Waals surface area contributed by atoms with Gasteiger partial charge in [0.1, 0.15) is 0 Å². The van der Waals surface area contributed by atoms with Crippen LogP contribution in [0.1, 0.15) is 27.2 Å². The molecule has 0 aromatic carbocycles. The number of aliphatic carboxylic acids is 1. The van der Waals surface area contributed by atoms with Gasteiger partial charge in [0.2, 0.25) is 0 Å². The van der Waals surface area contributed by atoms with Gasteiger partial charge in [0.15, 0.2) is 0 Å². The van der Waals surface area contributed by atoms with Crippen LogP contribution < -0.4 is 0 Å². The molecular weight excluding hydrogens is 216 g/mol. The lowest BCUT2D eigenvalue weighted by molar-refractivity contribution is -0.138. The van der Waals surface area contributed by atoms with Gasteiger partial charge < -0.3 is 14.9 Å². The van der Waals surface area contributed by atoms with Crippen molar-refractivity contribution in [1.82, 2.24) is 9.80 Å². The molecule has 1 saturated heterocycles. The average Bonchev–Trinajstić information content (AvgIpc) is 2.24. The Bertz CT molecular complexity index is 256. The Labute approximate surface area is 105 Å². The monoisotopic (exact) mass is 242 g/mol. The minimum atomic E-state index is -0.694. The van der Waals surface area contributed by atoms with E-state index in [2.05, 4.69) is 30.6 Å². The van der Waals surface area contributed by atoms with Crippen LogP contribution in [0.3, 0.4) is 0 Å². The largest absolute Gasteiger partial charge is 0.481 e. The highest BCUT2D eigenvalue weighted by molar-refractivity contribution is 5.67. The maximum atomic E-state index is 10.9. The molecule has 1 rings (SSSR count). The standard InChI is InChI=1S/C13H26N2O2/c1-10(2)6-15-8-11(3)7-14(4)12(9-15)5-13(16)17/h10-12H,5-9H2,1-4H3,(H,16,17). The molecule has 17 heavy (non-hydrogen) atoms. The number of rotatable bonds is 4. The van der Waals surface area contributed by atoms with Crippen molar-refractivity contribution in [3.05, 3.63) is 0 Å². The molecule has 4 nitrogen and oxygen atoms in total. The number of likely N-dealkylation sites (N-methyl/N-ethyl adjacent to an activating group) is 1. The summed E-state index contributed by atoms with van der Waals surface area (Å²) in [5, 5.41) is 8.96. The normalized spacial score (nSPS) is 28.3. The van der Waals surface area contributed by atoms with E-state index in [1.165, 1.54) is 0 Å². The average molecular weight is 242 g/mol. The number of nitrogens with zero attached hydrogens (tertiary/aromatic N) is 2. The van der Waals surface area contributed by atoms with Gasteiger partial charge in [-0.25, -0.2) is 0 Å². The molecule has 1 aliphatic rings. The second-order valence-corrected chi connectivity index (χ2v) is 5.91. The van der Waals surface area contributed by atoms with E-state index < -0.39 is 5.97 Å². The summed E-state index contributed by atoms with van der Waals surface area (Å²) >= 11 is 0. The molecular formula is C13H26N2O2. The highest BCUT2D eigenvalue weighted by Crippen LogP contribution is 2.16. The van der Waals surface area contributed by atoms with Crippen LogP contribution in [0.2, 0.25) is 0 Å². The van der Waals surface area contributed by atoms with Gasteiger partial charge in [0, 0.05) is 32.2 Å². The lowest BCUT2D eigenvalue weighted by Crippen LogP contribution is -2.41. The van der Waals surface area contributed by atoms with Crippen molar-refractivity contribution < 1.29 is 9.90 Å². The first-order valence-electron chi connectivity index (χ1n) is 6.52. The fourth-order valence-corrected chi connectivity index (χ4v) is 2.74. The first-order valence-corrected chi connectivity index (χ1v) is 6.52. The zero-order valence-corrected chi connectivity index (χ0v) is 11.5. The summed E-state index contributed by atoms with van der Waals surface area (Å²) < 4.78 is 0. The maximum absolute atomic E-state index is 10.9. The van der Waals surface area contributed by atoms with Gasteiger partial charge in [-0.05, 0) is 18.9 Å². The third kappa shape index (κ3) is 5.04. The van der Waals surface area contributed by atoms with Crippen LogP contribution in [0.4, 0.5) is 0 Å². The molecule has 0 aromatic heterocycles. The number of carboxylic acid groups (broad SMARTS) is 1. The first-order chi connectivity index (χ1) is 7.88. The molecule has 0 radical (unpaired) electrons. The third-order valence-electron chi connectivity index (χ3n) is 3.30. The number of hydrogen-bond acceptors (Lipinski definition) is 3. The maximum Gasteiger partial charge on any atom is 0.304 e. The Morgan fingerprint density at radius 2 is 2.00 bits per heavy atom. The topological polar surface area (TPSA) is 43.8 Å². The predicted molar refractivity (Wildman–Crippen MR) is 69.1 cm³/mol. The van der Waals surface area contributed by atoms with Crippen LogP contribution in [0.5, 0.6) is 0 Å². The second-order valence-electron chi connectivity index (χ2n) is 5.91. The number of carbonyl (C=O) groups is 1. The molecule has 4 heteroatoms. The van der Waals surface area contributed by atoms with E-state index in [9.17, 15) is 4.79 Å². The van der Waals surface area contributed by atoms with E-state index in [1.807, 2.05) is 7.05 Å². The van der Waals surface area contributed by atoms with Crippen molar-refractivity contribution in [2.75, 3.05) is 33.2 Å². The smallest absolute Gasteiger partial charge is 0.304 e. The molecule has 0 aliphatic carbocycles. The minimum Gasteiger partial charge on any atom is -0.481 e. The molecule has 0 bridgehead atoms. The van der Waals surface area contributed by atoms with E-state index in [-0.39, 0.29) is 12.5 Å². The fraction of sp³-hybridized carbons (Fsp3) is 0.923. The highest BCUT2D eigenvalue weighted by Gasteiger charge is 2.27. The molecule has 0 saturated carbocycles. The summed E-state index contributed by atoms with van der Waals surface area (Å²) in [6, 6.07) is 0.149. The van der Waals surface area contributed by atoms with Gasteiger partial charge in [-0.2, -0.15) is 0 Å². The summed E-state index contributed by atoms with van der Waals surface area (Å²) in [7, 11) is 2.04. The van der Waals surface area contributed by atoms with Crippen molar-refractivity contribution in [2.45, 2.75) is 33.2 Å². The highest BCUT2D eigenvalue weighted by atomic mass is 16.4. The first kappa shape index (κ1) is 14.5. The summed E-state index contributed by atoms with van der Waals surface area (Å²) in [6.07, 6.45) is 0.248. The van der Waals surface area contributed by atoms with Gasteiger partial charge in [-0.1, -0.05) is 20.8 Å². The van der Waals surface area contributed by atoms with Crippen molar-refractivity contribution >= 4 is 5.97 Å². The van der Waals surface area contributed by atoms with Gasteiger partial charge in [0.05, 0.1) is 6.42 Å². The van der Waals surface area contributed by atoms with Crippen LogP contribution in [-0.4, -0.2) is 60.1 Å². The SMILES string of the molecule is CC(C)CN1CC(C)CN(C)C(CC(=O)O)C1. The van der Waals surface area contributed by atoms with Crippen LogP contribution in [-0.2, 0) is 4.79 Å². The van der Waals surface area contributed by atoms with Gasteiger partial charge in [-0.3, -0.25) is 4.79 Å². The quantitative estimate of drug-likeness (QED) is 0.808. The van der Waals surface area contributed by atoms with E-state index in [4.69, 9.17) is 5.11 Å². The molecule has 2 atom stereocenters. The van der Waals surface area contributed by atoms with Crippen LogP contribution in [0, 0.1) is 11.8 Å². The van der Waals surface area contributed by atoms with Gasteiger partial charge in [-0.15, -0.1) is 0 Å². The lowest BCUT2D eigenvalue weighted by atomic mass is 10.1. The Kier molecular flexibility index (Phi) is 5.40. The van der Waals surface area contributed by atoms with Crippen LogP contribution in [0.25, 0.3) is 0 Å².